The zero-order valence-electron chi connectivity index (χ0n) is 12.2. The number of nitrogens with zero attached hydrogens (tertiary/aromatic N) is 2. The Kier molecular flexibility index (Phi) is 3.46. The first kappa shape index (κ1) is 15.0. The molecule has 0 amide bonds. The molecule has 2 aliphatic rings. The number of fused-ring (bicyclic) bond motifs is 1. The summed E-state index contributed by atoms with van der Waals surface area (Å²) in [5, 5.41) is 8.91. The summed E-state index contributed by atoms with van der Waals surface area (Å²) in [6.45, 7) is 0.718. The summed E-state index contributed by atoms with van der Waals surface area (Å²) in [6.07, 6.45) is 2.40. The van der Waals surface area contributed by atoms with Gasteiger partial charge in [0.25, 0.3) is 0 Å². The van der Waals surface area contributed by atoms with Crippen LogP contribution >= 0.6 is 0 Å². The summed E-state index contributed by atoms with van der Waals surface area (Å²) < 4.78 is 30.6. The molecule has 1 fully saturated rings. The third-order valence-corrected chi connectivity index (χ3v) is 5.62. The highest BCUT2D eigenvalue weighted by Crippen LogP contribution is 2.39. The van der Waals surface area contributed by atoms with Gasteiger partial charge in [-0.15, -0.1) is 0 Å². The Morgan fingerprint density at radius 1 is 1.32 bits per heavy atom. The van der Waals surface area contributed by atoms with Gasteiger partial charge in [0.1, 0.15) is 11.4 Å². The quantitative estimate of drug-likeness (QED) is 0.778. The predicted molar refractivity (Wildman–Crippen MR) is 79.1 cm³/mol. The lowest BCUT2D eigenvalue weighted by molar-refractivity contribution is 0.00601. The van der Waals surface area contributed by atoms with Crippen molar-refractivity contribution in [1.82, 2.24) is 4.31 Å². The van der Waals surface area contributed by atoms with Crippen LogP contribution in [0.4, 0.5) is 0 Å². The van der Waals surface area contributed by atoms with Gasteiger partial charge in [-0.05, 0) is 18.2 Å². The average molecular weight is 320 g/mol. The largest absolute Gasteiger partial charge is 0.486 e. The molecule has 0 radical (unpaired) electrons. The number of sulfonamides is 1. The number of piperidine rings is 1. The number of nitriles is 1. The number of carbonyl (C=O) groups is 1. The maximum atomic E-state index is 12.4. The number of ketones is 1. The second-order valence-electron chi connectivity index (χ2n) is 5.87. The van der Waals surface area contributed by atoms with Crippen LogP contribution in [-0.2, 0) is 10.0 Å². The summed E-state index contributed by atoms with van der Waals surface area (Å²) in [4.78, 5) is 12.4. The van der Waals surface area contributed by atoms with Crippen LogP contribution in [0, 0.1) is 11.3 Å². The van der Waals surface area contributed by atoms with E-state index >= 15 is 0 Å². The molecule has 0 atom stereocenters. The van der Waals surface area contributed by atoms with Crippen molar-refractivity contribution in [2.45, 2.75) is 24.9 Å². The molecule has 1 aromatic rings. The molecule has 0 aromatic heterocycles. The molecule has 0 aliphatic carbocycles. The van der Waals surface area contributed by atoms with E-state index in [2.05, 4.69) is 0 Å². The lowest BCUT2D eigenvalue weighted by atomic mass is 9.83. The van der Waals surface area contributed by atoms with Gasteiger partial charge in [-0.3, -0.25) is 4.79 Å². The Bertz CT molecular complexity index is 771. The van der Waals surface area contributed by atoms with E-state index in [0.29, 0.717) is 42.8 Å². The van der Waals surface area contributed by atoms with E-state index in [1.807, 2.05) is 6.07 Å². The third-order valence-electron chi connectivity index (χ3n) is 4.32. The Morgan fingerprint density at radius 2 is 2.00 bits per heavy atom. The highest BCUT2D eigenvalue weighted by molar-refractivity contribution is 7.88. The van der Waals surface area contributed by atoms with E-state index in [-0.39, 0.29) is 12.2 Å². The number of carbonyl (C=O) groups excluding carboxylic acids is 1. The van der Waals surface area contributed by atoms with E-state index in [1.165, 1.54) is 10.6 Å². The number of rotatable bonds is 1. The molecular weight excluding hydrogens is 304 g/mol. The van der Waals surface area contributed by atoms with Gasteiger partial charge in [0, 0.05) is 25.9 Å². The molecule has 1 spiro atoms. The van der Waals surface area contributed by atoms with Crippen molar-refractivity contribution < 1.29 is 17.9 Å². The number of ether oxygens (including phenoxy) is 1. The number of hydrogen-bond acceptors (Lipinski definition) is 5. The summed E-state index contributed by atoms with van der Waals surface area (Å²) in [5.74, 6) is 0.439. The molecule has 1 saturated heterocycles. The standard InChI is InChI=1S/C15H16N2O4S/c1-22(19,20)17-6-4-15(5-7-17)9-13(18)12-8-11(10-16)2-3-14(12)21-15/h2-3,8H,4-7,9H2,1H3. The van der Waals surface area contributed by atoms with Crippen molar-refractivity contribution in [3.8, 4) is 11.8 Å². The molecule has 2 aliphatic heterocycles. The Labute approximate surface area is 129 Å². The fourth-order valence-electron chi connectivity index (χ4n) is 3.07. The van der Waals surface area contributed by atoms with Crippen LogP contribution in [0.15, 0.2) is 18.2 Å². The van der Waals surface area contributed by atoms with E-state index < -0.39 is 15.6 Å². The van der Waals surface area contributed by atoms with E-state index in [1.54, 1.807) is 18.2 Å². The first-order valence-electron chi connectivity index (χ1n) is 7.04. The molecule has 2 heterocycles. The van der Waals surface area contributed by atoms with Crippen LogP contribution in [0.25, 0.3) is 0 Å². The summed E-state index contributed by atoms with van der Waals surface area (Å²) in [7, 11) is -3.21. The van der Waals surface area contributed by atoms with Gasteiger partial charge in [-0.1, -0.05) is 0 Å². The summed E-state index contributed by atoms with van der Waals surface area (Å²) in [6, 6.07) is 6.83. The summed E-state index contributed by atoms with van der Waals surface area (Å²) in [5.41, 5.74) is 0.244. The van der Waals surface area contributed by atoms with Crippen molar-refractivity contribution in [1.29, 1.82) is 5.26 Å². The van der Waals surface area contributed by atoms with Crippen LogP contribution in [0.1, 0.15) is 35.2 Å². The highest BCUT2D eigenvalue weighted by Gasteiger charge is 2.44. The molecule has 1 aromatic carbocycles. The summed E-state index contributed by atoms with van der Waals surface area (Å²) >= 11 is 0. The van der Waals surface area contributed by atoms with Crippen molar-refractivity contribution in [3.63, 3.8) is 0 Å². The fraction of sp³-hybridized carbons (Fsp3) is 0.467. The van der Waals surface area contributed by atoms with Crippen molar-refractivity contribution in [2.75, 3.05) is 19.3 Å². The van der Waals surface area contributed by atoms with Crippen molar-refractivity contribution in [3.05, 3.63) is 29.3 Å². The molecule has 7 heteroatoms. The van der Waals surface area contributed by atoms with Gasteiger partial charge in [0.2, 0.25) is 10.0 Å². The van der Waals surface area contributed by atoms with Gasteiger partial charge in [-0.2, -0.15) is 5.26 Å². The first-order valence-corrected chi connectivity index (χ1v) is 8.89. The number of Topliss-reactive ketones (excluding diaryl/α,β-unsaturated/α-hetero) is 1. The second-order valence-corrected chi connectivity index (χ2v) is 7.85. The van der Waals surface area contributed by atoms with E-state index in [4.69, 9.17) is 10.00 Å². The van der Waals surface area contributed by atoms with Crippen LogP contribution < -0.4 is 4.74 Å². The highest BCUT2D eigenvalue weighted by atomic mass is 32.2. The van der Waals surface area contributed by atoms with Crippen LogP contribution in [0.2, 0.25) is 0 Å². The topological polar surface area (TPSA) is 87.5 Å². The zero-order valence-corrected chi connectivity index (χ0v) is 13.0. The van der Waals surface area contributed by atoms with Gasteiger partial charge >= 0.3 is 0 Å². The lowest BCUT2D eigenvalue weighted by Gasteiger charge is -2.43. The minimum absolute atomic E-state index is 0.0499. The van der Waals surface area contributed by atoms with Crippen LogP contribution in [-0.4, -0.2) is 43.5 Å². The molecule has 3 rings (SSSR count). The maximum Gasteiger partial charge on any atom is 0.211 e. The molecule has 22 heavy (non-hydrogen) atoms. The Balaban J connectivity index is 1.85. The van der Waals surface area contributed by atoms with Gasteiger partial charge in [0.15, 0.2) is 5.78 Å². The van der Waals surface area contributed by atoms with Gasteiger partial charge in [-0.25, -0.2) is 12.7 Å². The molecule has 0 bridgehead atoms. The fourth-order valence-corrected chi connectivity index (χ4v) is 3.91. The molecule has 0 unspecified atom stereocenters. The Morgan fingerprint density at radius 3 is 2.59 bits per heavy atom. The normalized spacial score (nSPS) is 21.0. The minimum atomic E-state index is -3.21. The van der Waals surface area contributed by atoms with Crippen LogP contribution in [0.3, 0.4) is 0 Å². The second kappa shape index (κ2) is 5.07. The molecule has 6 nitrogen and oxygen atoms in total. The zero-order chi connectivity index (χ0) is 16.0. The van der Waals surface area contributed by atoms with Gasteiger partial charge in [0.05, 0.1) is 29.9 Å². The Hall–Kier alpha value is -1.91. The predicted octanol–water partition coefficient (Wildman–Crippen LogP) is 1.32. The monoisotopic (exact) mass is 320 g/mol. The molecule has 0 saturated carbocycles. The molecule has 0 N–H and O–H groups in total. The minimum Gasteiger partial charge on any atom is -0.486 e. The third kappa shape index (κ3) is 2.60. The molecule has 116 valence electrons. The van der Waals surface area contributed by atoms with Crippen LogP contribution in [0.5, 0.6) is 5.75 Å². The lowest BCUT2D eigenvalue weighted by Crippen LogP contribution is -2.52. The van der Waals surface area contributed by atoms with Gasteiger partial charge < -0.3 is 4.74 Å². The van der Waals surface area contributed by atoms with Crippen molar-refractivity contribution >= 4 is 15.8 Å². The molecular formula is C15H16N2O4S. The maximum absolute atomic E-state index is 12.4. The SMILES string of the molecule is CS(=O)(=O)N1CCC2(CC1)CC(=O)c1cc(C#N)ccc1O2. The smallest absolute Gasteiger partial charge is 0.211 e. The number of hydrogen-bond donors (Lipinski definition) is 0. The van der Waals surface area contributed by atoms with E-state index in [0.717, 1.165) is 0 Å². The number of benzene rings is 1. The van der Waals surface area contributed by atoms with E-state index in [9.17, 15) is 13.2 Å². The van der Waals surface area contributed by atoms with Crippen molar-refractivity contribution in [2.24, 2.45) is 0 Å². The first-order chi connectivity index (χ1) is 10.3. The average Bonchev–Trinajstić information content (AvgIpc) is 2.46.